The zero-order valence-corrected chi connectivity index (χ0v) is 13.0. The number of imide groups is 1. The molecule has 7 heteroatoms. The molecule has 3 rings (SSSR count). The van der Waals surface area contributed by atoms with Gasteiger partial charge in [-0.25, -0.2) is 4.90 Å². The average molecular weight is 347 g/mol. The minimum absolute atomic E-state index is 0.116. The zero-order chi connectivity index (χ0) is 18.2. The Morgan fingerprint density at radius 3 is 2.28 bits per heavy atom. The average Bonchev–Trinajstić information content (AvgIpc) is 2.89. The lowest BCUT2D eigenvalue weighted by Gasteiger charge is -2.17. The maximum atomic E-state index is 12.8. The van der Waals surface area contributed by atoms with Gasteiger partial charge in [0, 0.05) is 6.08 Å². The van der Waals surface area contributed by atoms with Crippen LogP contribution in [0.5, 0.6) is 5.75 Å². The Morgan fingerprint density at radius 1 is 1.00 bits per heavy atom. The van der Waals surface area contributed by atoms with Crippen molar-refractivity contribution in [2.45, 2.75) is 6.18 Å². The van der Waals surface area contributed by atoms with Crippen LogP contribution in [0, 0.1) is 0 Å². The number of halogens is 3. The molecule has 2 aromatic rings. The highest BCUT2D eigenvalue weighted by atomic mass is 19.4. The number of hydrogen-bond acceptors (Lipinski definition) is 3. The first-order valence-electron chi connectivity index (χ1n) is 7.23. The van der Waals surface area contributed by atoms with Gasteiger partial charge in [0.1, 0.15) is 5.75 Å². The Morgan fingerprint density at radius 2 is 1.68 bits per heavy atom. The van der Waals surface area contributed by atoms with E-state index in [9.17, 15) is 22.8 Å². The topological polar surface area (TPSA) is 46.6 Å². The van der Waals surface area contributed by atoms with Gasteiger partial charge in [-0.3, -0.25) is 9.59 Å². The van der Waals surface area contributed by atoms with E-state index in [1.165, 1.54) is 13.2 Å². The molecule has 1 aliphatic heterocycles. The van der Waals surface area contributed by atoms with E-state index in [2.05, 4.69) is 0 Å². The number of benzene rings is 2. The minimum atomic E-state index is -4.56. The molecule has 1 aliphatic rings. The van der Waals surface area contributed by atoms with Crippen LogP contribution in [-0.4, -0.2) is 18.9 Å². The Labute approximate surface area is 141 Å². The zero-order valence-electron chi connectivity index (χ0n) is 13.0. The predicted octanol–water partition coefficient (Wildman–Crippen LogP) is 3.67. The van der Waals surface area contributed by atoms with E-state index in [1.807, 2.05) is 0 Å². The molecule has 0 atom stereocenters. The van der Waals surface area contributed by atoms with Gasteiger partial charge in [0.25, 0.3) is 11.8 Å². The molecule has 0 saturated heterocycles. The summed E-state index contributed by atoms with van der Waals surface area (Å²) < 4.78 is 43.6. The Bertz CT molecular complexity index is 870. The van der Waals surface area contributed by atoms with E-state index in [0.717, 1.165) is 29.2 Å². The van der Waals surface area contributed by atoms with Crippen LogP contribution in [0.1, 0.15) is 11.1 Å². The maximum Gasteiger partial charge on any atom is 0.416 e. The number of nitrogens with zero attached hydrogens (tertiary/aromatic N) is 1. The van der Waals surface area contributed by atoms with Crippen molar-refractivity contribution in [1.82, 2.24) is 0 Å². The number of alkyl halides is 3. The van der Waals surface area contributed by atoms with Gasteiger partial charge >= 0.3 is 6.18 Å². The fraction of sp³-hybridized carbons (Fsp3) is 0.111. The number of carbonyl (C=O) groups is 2. The van der Waals surface area contributed by atoms with Crippen molar-refractivity contribution in [3.63, 3.8) is 0 Å². The predicted molar refractivity (Wildman–Crippen MR) is 84.9 cm³/mol. The highest BCUT2D eigenvalue weighted by Crippen LogP contribution is 2.34. The number of methoxy groups -OCH3 is 1. The van der Waals surface area contributed by atoms with Gasteiger partial charge in [0.15, 0.2) is 0 Å². The molecule has 4 nitrogen and oxygen atoms in total. The summed E-state index contributed by atoms with van der Waals surface area (Å²) in [5.74, 6) is -0.777. The molecule has 0 bridgehead atoms. The molecule has 1 heterocycles. The molecule has 0 spiro atoms. The first-order valence-corrected chi connectivity index (χ1v) is 7.23. The smallest absolute Gasteiger partial charge is 0.416 e. The van der Waals surface area contributed by atoms with Crippen molar-refractivity contribution < 1.29 is 27.5 Å². The summed E-state index contributed by atoms with van der Waals surface area (Å²) in [6, 6.07) is 10.6. The quantitative estimate of drug-likeness (QED) is 0.796. The molecule has 0 saturated carbocycles. The van der Waals surface area contributed by atoms with Gasteiger partial charge in [-0.15, -0.1) is 0 Å². The third kappa shape index (κ3) is 3.13. The summed E-state index contributed by atoms with van der Waals surface area (Å²) >= 11 is 0. The fourth-order valence-electron chi connectivity index (χ4n) is 2.51. The highest BCUT2D eigenvalue weighted by Gasteiger charge is 2.35. The summed E-state index contributed by atoms with van der Waals surface area (Å²) in [6.45, 7) is 0. The third-order valence-electron chi connectivity index (χ3n) is 3.75. The van der Waals surface area contributed by atoms with Crippen LogP contribution in [0.15, 0.2) is 54.6 Å². The fourth-order valence-corrected chi connectivity index (χ4v) is 2.51. The lowest BCUT2D eigenvalue weighted by Crippen LogP contribution is -2.30. The molecular formula is C18H12F3NO3. The number of rotatable bonds is 3. The van der Waals surface area contributed by atoms with E-state index in [-0.39, 0.29) is 11.3 Å². The Hall–Kier alpha value is -3.09. The lowest BCUT2D eigenvalue weighted by molar-refractivity contribution is -0.137. The largest absolute Gasteiger partial charge is 0.497 e. The molecule has 128 valence electrons. The maximum absolute atomic E-state index is 12.8. The summed E-state index contributed by atoms with van der Waals surface area (Å²) in [6.07, 6.45) is -3.45. The number of carbonyl (C=O) groups excluding carboxylic acids is 2. The molecule has 0 aliphatic carbocycles. The summed E-state index contributed by atoms with van der Waals surface area (Å²) in [5, 5.41) is 0. The lowest BCUT2D eigenvalue weighted by atomic mass is 10.1. The van der Waals surface area contributed by atoms with Crippen molar-refractivity contribution >= 4 is 23.1 Å². The standard InChI is InChI=1S/C18H12F3NO3/c1-25-14-7-5-11(6-8-14)15-10-16(23)22(17(15)24)13-4-2-3-12(9-13)18(19,20)21/h2-10H,1H3. The number of hydrogen-bond donors (Lipinski definition) is 0. The van der Waals surface area contributed by atoms with Crippen molar-refractivity contribution in [2.75, 3.05) is 12.0 Å². The monoisotopic (exact) mass is 347 g/mol. The van der Waals surface area contributed by atoms with E-state index in [0.29, 0.717) is 11.3 Å². The second-order valence-corrected chi connectivity index (χ2v) is 5.31. The second-order valence-electron chi connectivity index (χ2n) is 5.31. The van der Waals surface area contributed by atoms with E-state index in [4.69, 9.17) is 4.74 Å². The summed E-state index contributed by atoms with van der Waals surface area (Å²) in [5.41, 5.74) is -0.452. The van der Waals surface area contributed by atoms with E-state index < -0.39 is 23.6 Å². The van der Waals surface area contributed by atoms with E-state index in [1.54, 1.807) is 24.3 Å². The Balaban J connectivity index is 1.94. The first-order chi connectivity index (χ1) is 11.8. The summed E-state index contributed by atoms with van der Waals surface area (Å²) in [4.78, 5) is 25.5. The third-order valence-corrected chi connectivity index (χ3v) is 3.75. The van der Waals surface area contributed by atoms with Gasteiger partial charge in [0.05, 0.1) is 23.9 Å². The molecule has 25 heavy (non-hydrogen) atoms. The molecule has 2 aromatic carbocycles. The molecule has 2 amide bonds. The van der Waals surface area contributed by atoms with Crippen LogP contribution in [0.3, 0.4) is 0 Å². The van der Waals surface area contributed by atoms with Crippen LogP contribution in [0.2, 0.25) is 0 Å². The van der Waals surface area contributed by atoms with Crippen molar-refractivity contribution in [3.8, 4) is 5.75 Å². The van der Waals surface area contributed by atoms with Crippen LogP contribution in [0.25, 0.3) is 5.57 Å². The first kappa shape index (κ1) is 16.8. The van der Waals surface area contributed by atoms with E-state index >= 15 is 0 Å². The number of amides is 2. The molecule has 0 fully saturated rings. The SMILES string of the molecule is COc1ccc(C2=CC(=O)N(c3cccc(C(F)(F)F)c3)C2=O)cc1. The van der Waals surface area contributed by atoms with Gasteiger partial charge < -0.3 is 4.74 Å². The van der Waals surface area contributed by atoms with Crippen molar-refractivity contribution in [3.05, 3.63) is 65.7 Å². The Kier molecular flexibility index (Phi) is 4.08. The van der Waals surface area contributed by atoms with Gasteiger partial charge in [-0.2, -0.15) is 13.2 Å². The van der Waals surface area contributed by atoms with Crippen molar-refractivity contribution in [1.29, 1.82) is 0 Å². The van der Waals surface area contributed by atoms with Gasteiger partial charge in [-0.05, 0) is 35.9 Å². The number of anilines is 1. The van der Waals surface area contributed by atoms with Crippen LogP contribution in [0.4, 0.5) is 18.9 Å². The normalized spacial score (nSPS) is 14.7. The molecule has 0 N–H and O–H groups in total. The number of ether oxygens (including phenoxy) is 1. The molecule has 0 radical (unpaired) electrons. The second kappa shape index (κ2) is 6.08. The van der Waals surface area contributed by atoms with Gasteiger partial charge in [-0.1, -0.05) is 18.2 Å². The van der Waals surface area contributed by atoms with Crippen LogP contribution < -0.4 is 9.64 Å². The summed E-state index contributed by atoms with van der Waals surface area (Å²) in [7, 11) is 1.49. The van der Waals surface area contributed by atoms with Crippen LogP contribution in [-0.2, 0) is 15.8 Å². The molecular weight excluding hydrogens is 335 g/mol. The van der Waals surface area contributed by atoms with Gasteiger partial charge in [0.2, 0.25) is 0 Å². The highest BCUT2D eigenvalue weighted by molar-refractivity contribution is 6.43. The van der Waals surface area contributed by atoms with Crippen molar-refractivity contribution in [2.24, 2.45) is 0 Å². The van der Waals surface area contributed by atoms with Crippen LogP contribution >= 0.6 is 0 Å². The minimum Gasteiger partial charge on any atom is -0.497 e. The molecule has 0 unspecified atom stereocenters. The molecule has 0 aromatic heterocycles.